The molecule has 178 valence electrons. The number of nitriles is 1. The van der Waals surface area contributed by atoms with Crippen LogP contribution in [0.25, 0.3) is 6.08 Å². The van der Waals surface area contributed by atoms with Gasteiger partial charge in [-0.2, -0.15) is 5.26 Å². The average molecular weight is 467 g/mol. The van der Waals surface area contributed by atoms with Gasteiger partial charge in [0.2, 0.25) is 0 Å². The number of hydrogen-bond donors (Lipinski definition) is 1. The quantitative estimate of drug-likeness (QED) is 0.162. The van der Waals surface area contributed by atoms with Crippen molar-refractivity contribution in [1.29, 1.82) is 5.26 Å². The molecule has 0 heterocycles. The lowest BCUT2D eigenvalue weighted by Crippen LogP contribution is -2.25. The van der Waals surface area contributed by atoms with Crippen LogP contribution in [0.5, 0.6) is 11.5 Å². The summed E-state index contributed by atoms with van der Waals surface area (Å²) in [6, 6.07) is 25.6. The van der Waals surface area contributed by atoms with Crippen LogP contribution in [0.2, 0.25) is 0 Å². The van der Waals surface area contributed by atoms with Crippen LogP contribution in [0.15, 0.2) is 91.0 Å². The first-order valence-electron chi connectivity index (χ1n) is 11.6. The van der Waals surface area contributed by atoms with E-state index in [1.54, 1.807) is 25.3 Å². The molecule has 0 unspecified atom stereocenters. The molecule has 3 rings (SSSR count). The molecule has 5 heteroatoms. The molecule has 0 aliphatic carbocycles. The van der Waals surface area contributed by atoms with Gasteiger partial charge in [-0.1, -0.05) is 66.7 Å². The fraction of sp³-hybridized carbons (Fsp3) is 0.200. The van der Waals surface area contributed by atoms with Gasteiger partial charge in [0.25, 0.3) is 5.91 Å². The molecule has 0 aromatic heterocycles. The predicted octanol–water partition coefficient (Wildman–Crippen LogP) is 5.66. The Labute approximate surface area is 207 Å². The minimum absolute atomic E-state index is 0.0364. The molecule has 3 aromatic rings. The lowest BCUT2D eigenvalue weighted by atomic mass is 10.0. The second-order valence-corrected chi connectivity index (χ2v) is 7.99. The summed E-state index contributed by atoms with van der Waals surface area (Å²) in [4.78, 5) is 12.6. The van der Waals surface area contributed by atoms with Crippen LogP contribution < -0.4 is 14.8 Å². The number of amides is 1. The van der Waals surface area contributed by atoms with E-state index in [0.717, 1.165) is 24.0 Å². The van der Waals surface area contributed by atoms with E-state index < -0.39 is 5.91 Å². The Morgan fingerprint density at radius 3 is 2.37 bits per heavy atom. The van der Waals surface area contributed by atoms with Crippen LogP contribution in [0, 0.1) is 11.3 Å². The smallest absolute Gasteiger partial charge is 0.261 e. The predicted molar refractivity (Wildman–Crippen MR) is 139 cm³/mol. The van der Waals surface area contributed by atoms with Gasteiger partial charge in [0.1, 0.15) is 18.2 Å². The van der Waals surface area contributed by atoms with Crippen LogP contribution >= 0.6 is 0 Å². The Morgan fingerprint density at radius 1 is 1.06 bits per heavy atom. The Morgan fingerprint density at radius 2 is 1.74 bits per heavy atom. The molecule has 0 radical (unpaired) electrons. The normalized spacial score (nSPS) is 10.8. The van der Waals surface area contributed by atoms with E-state index in [-0.39, 0.29) is 5.57 Å². The fourth-order valence-corrected chi connectivity index (χ4v) is 3.67. The zero-order valence-electron chi connectivity index (χ0n) is 20.0. The number of nitrogens with one attached hydrogen (secondary N) is 1. The van der Waals surface area contributed by atoms with Crippen molar-refractivity contribution < 1.29 is 14.3 Å². The maximum absolute atomic E-state index is 12.6. The van der Waals surface area contributed by atoms with Crippen molar-refractivity contribution in [3.05, 3.63) is 113 Å². The van der Waals surface area contributed by atoms with Gasteiger partial charge in [0, 0.05) is 12.1 Å². The van der Waals surface area contributed by atoms with E-state index >= 15 is 0 Å². The number of carbonyl (C=O) groups excluding carboxylic acids is 1. The van der Waals surface area contributed by atoms with Crippen molar-refractivity contribution in [3.63, 3.8) is 0 Å². The summed E-state index contributed by atoms with van der Waals surface area (Å²) < 4.78 is 11.7. The molecule has 0 bridgehead atoms. The van der Waals surface area contributed by atoms with Crippen LogP contribution in [-0.4, -0.2) is 19.6 Å². The first kappa shape index (κ1) is 25.3. The van der Waals surface area contributed by atoms with E-state index in [1.807, 2.05) is 60.7 Å². The Bertz CT molecular complexity index is 1200. The third kappa shape index (κ3) is 7.62. The topological polar surface area (TPSA) is 71.4 Å². The van der Waals surface area contributed by atoms with Gasteiger partial charge in [-0.25, -0.2) is 0 Å². The summed E-state index contributed by atoms with van der Waals surface area (Å²) in [5, 5.41) is 12.4. The van der Waals surface area contributed by atoms with E-state index in [4.69, 9.17) is 9.47 Å². The third-order valence-corrected chi connectivity index (χ3v) is 5.41. The molecule has 0 fully saturated rings. The number of nitrogens with zero attached hydrogens (tertiary/aromatic N) is 1. The molecule has 1 N–H and O–H groups in total. The lowest BCUT2D eigenvalue weighted by Gasteiger charge is -2.16. The van der Waals surface area contributed by atoms with E-state index in [9.17, 15) is 10.1 Å². The van der Waals surface area contributed by atoms with Crippen LogP contribution in [-0.2, 0) is 24.2 Å². The third-order valence-electron chi connectivity index (χ3n) is 5.41. The van der Waals surface area contributed by atoms with Crippen molar-refractivity contribution >= 4 is 12.0 Å². The molecule has 0 spiro atoms. The summed E-state index contributed by atoms with van der Waals surface area (Å²) in [5.41, 5.74) is 3.84. The largest absolute Gasteiger partial charge is 0.493 e. The SMILES string of the molecule is C=CCc1cc(/C=C(/C#N)C(=O)NCCCc2ccccc2)cc(OC)c1OCc1ccccc1. The van der Waals surface area contributed by atoms with Gasteiger partial charge in [0.05, 0.1) is 7.11 Å². The van der Waals surface area contributed by atoms with E-state index in [0.29, 0.717) is 36.6 Å². The summed E-state index contributed by atoms with van der Waals surface area (Å²) in [5.74, 6) is 0.763. The standard InChI is InChI=1S/C30H30N2O3/c1-3-11-26-18-25(20-28(34-2)29(26)35-22-24-14-8-5-9-15-24)19-27(21-31)30(33)32-17-10-16-23-12-6-4-7-13-23/h3-9,12-15,18-20H,1,10-11,16-17,22H2,2H3,(H,32,33)/b27-19-. The van der Waals surface area contributed by atoms with Crippen molar-refractivity contribution in [2.24, 2.45) is 0 Å². The number of rotatable bonds is 12. The Hall–Kier alpha value is -4.30. The van der Waals surface area contributed by atoms with Gasteiger partial charge < -0.3 is 14.8 Å². The average Bonchev–Trinajstić information content (AvgIpc) is 2.90. The minimum Gasteiger partial charge on any atom is -0.493 e. The Kier molecular flexibility index (Phi) is 9.71. The van der Waals surface area contributed by atoms with Crippen LogP contribution in [0.1, 0.15) is 28.7 Å². The van der Waals surface area contributed by atoms with Crippen molar-refractivity contribution in [2.75, 3.05) is 13.7 Å². The van der Waals surface area contributed by atoms with Crippen molar-refractivity contribution in [3.8, 4) is 17.6 Å². The molecule has 3 aromatic carbocycles. The second kappa shape index (κ2) is 13.4. The van der Waals surface area contributed by atoms with Gasteiger partial charge >= 0.3 is 0 Å². The summed E-state index contributed by atoms with van der Waals surface area (Å²) in [7, 11) is 1.57. The number of ether oxygens (including phenoxy) is 2. The van der Waals surface area contributed by atoms with E-state index in [1.165, 1.54) is 5.56 Å². The molecular weight excluding hydrogens is 436 g/mol. The lowest BCUT2D eigenvalue weighted by molar-refractivity contribution is -0.117. The zero-order chi connectivity index (χ0) is 24.9. The summed E-state index contributed by atoms with van der Waals surface area (Å²) in [6.45, 7) is 4.73. The molecule has 5 nitrogen and oxygen atoms in total. The van der Waals surface area contributed by atoms with Gasteiger partial charge in [-0.3, -0.25) is 4.79 Å². The number of aryl methyl sites for hydroxylation is 1. The highest BCUT2D eigenvalue weighted by Crippen LogP contribution is 2.35. The number of benzene rings is 3. The summed E-state index contributed by atoms with van der Waals surface area (Å²) >= 11 is 0. The second-order valence-electron chi connectivity index (χ2n) is 7.99. The number of allylic oxidation sites excluding steroid dienone is 1. The van der Waals surface area contributed by atoms with Crippen LogP contribution in [0.4, 0.5) is 0 Å². The summed E-state index contributed by atoms with van der Waals surface area (Å²) in [6.07, 6.45) is 5.55. The Balaban J connectivity index is 1.72. The first-order valence-corrected chi connectivity index (χ1v) is 11.6. The van der Waals surface area contributed by atoms with Crippen molar-refractivity contribution in [1.82, 2.24) is 5.32 Å². The molecule has 0 aliphatic rings. The highest BCUT2D eigenvalue weighted by Gasteiger charge is 2.15. The molecule has 35 heavy (non-hydrogen) atoms. The molecule has 0 atom stereocenters. The van der Waals surface area contributed by atoms with Crippen LogP contribution in [0.3, 0.4) is 0 Å². The maximum Gasteiger partial charge on any atom is 0.261 e. The highest BCUT2D eigenvalue weighted by atomic mass is 16.5. The fourth-order valence-electron chi connectivity index (χ4n) is 3.67. The first-order chi connectivity index (χ1) is 17.1. The van der Waals surface area contributed by atoms with Gasteiger partial charge in [0.15, 0.2) is 11.5 Å². The van der Waals surface area contributed by atoms with Gasteiger partial charge in [-0.15, -0.1) is 6.58 Å². The molecule has 1 amide bonds. The minimum atomic E-state index is -0.394. The number of carbonyl (C=O) groups is 1. The molecule has 0 saturated carbocycles. The highest BCUT2D eigenvalue weighted by molar-refractivity contribution is 6.01. The molecule has 0 aliphatic heterocycles. The number of methoxy groups -OCH3 is 1. The molecular formula is C30H30N2O3. The van der Waals surface area contributed by atoms with Gasteiger partial charge in [-0.05, 0) is 54.2 Å². The maximum atomic E-state index is 12.6. The monoisotopic (exact) mass is 466 g/mol. The zero-order valence-corrected chi connectivity index (χ0v) is 20.0. The van der Waals surface area contributed by atoms with Crippen molar-refractivity contribution in [2.45, 2.75) is 25.9 Å². The number of hydrogen-bond acceptors (Lipinski definition) is 4. The molecule has 0 saturated heterocycles. The van der Waals surface area contributed by atoms with E-state index in [2.05, 4.69) is 24.0 Å².